The highest BCUT2D eigenvalue weighted by molar-refractivity contribution is 7.12. The molecule has 6 nitrogen and oxygen atoms in total. The van der Waals surface area contributed by atoms with E-state index in [-0.39, 0.29) is 0 Å². The number of hydrogen-bond donors (Lipinski definition) is 0. The average Bonchev–Trinajstić information content (AvgIpc) is 3.34. The summed E-state index contributed by atoms with van der Waals surface area (Å²) in [5, 5.41) is 8.02. The maximum absolute atomic E-state index is 11.3. The molecule has 1 aliphatic rings. The zero-order valence-corrected chi connectivity index (χ0v) is 19.8. The Bertz CT molecular complexity index is 1290. The molecule has 5 rings (SSSR count). The van der Waals surface area contributed by atoms with E-state index in [9.17, 15) is 4.79 Å². The molecule has 0 atom stereocenters. The Labute approximate surface area is 201 Å². The summed E-state index contributed by atoms with van der Waals surface area (Å²) in [7, 11) is 0. The first-order chi connectivity index (χ1) is 16.2. The van der Waals surface area contributed by atoms with Crippen molar-refractivity contribution in [3.8, 4) is 22.5 Å². The van der Waals surface area contributed by atoms with Gasteiger partial charge in [0.25, 0.3) is 0 Å². The summed E-state index contributed by atoms with van der Waals surface area (Å²) in [5.41, 5.74) is 3.65. The number of carbonyl (C=O) groups excluding carboxylic acids is 1. The zero-order chi connectivity index (χ0) is 22.8. The molecule has 0 bridgehead atoms. The fourth-order valence-electron chi connectivity index (χ4n) is 4.14. The topological polar surface area (TPSA) is 58.6 Å². The molecule has 8 heteroatoms. The third-order valence-corrected chi connectivity index (χ3v) is 6.85. The fraction of sp³-hybridized carbons (Fsp3) is 0.240. The van der Waals surface area contributed by atoms with Gasteiger partial charge in [0.15, 0.2) is 17.9 Å². The van der Waals surface area contributed by atoms with Gasteiger partial charge in [-0.1, -0.05) is 35.9 Å². The summed E-state index contributed by atoms with van der Waals surface area (Å²) in [5.74, 6) is 1.50. The molecule has 168 valence electrons. The molecule has 3 heterocycles. The van der Waals surface area contributed by atoms with Gasteiger partial charge in [-0.05, 0) is 42.1 Å². The normalized spacial score (nSPS) is 14.5. The molecule has 0 saturated carbocycles. The van der Waals surface area contributed by atoms with E-state index < -0.39 is 0 Å². The van der Waals surface area contributed by atoms with E-state index in [0.29, 0.717) is 24.1 Å². The van der Waals surface area contributed by atoms with Crippen LogP contribution in [-0.4, -0.2) is 54.1 Å². The number of ether oxygens (including phenoxy) is 1. The first-order valence-corrected chi connectivity index (χ1v) is 12.1. The van der Waals surface area contributed by atoms with Crippen molar-refractivity contribution in [2.24, 2.45) is 0 Å². The number of hydrazine groups is 1. The Morgan fingerprint density at radius 3 is 2.58 bits per heavy atom. The van der Waals surface area contributed by atoms with Crippen molar-refractivity contribution in [3.63, 3.8) is 0 Å². The Morgan fingerprint density at radius 1 is 1.09 bits per heavy atom. The van der Waals surface area contributed by atoms with E-state index in [1.54, 1.807) is 0 Å². The van der Waals surface area contributed by atoms with Crippen LogP contribution >= 0.6 is 22.9 Å². The maximum atomic E-state index is 11.3. The lowest BCUT2D eigenvalue weighted by atomic mass is 10.0. The second-order valence-corrected chi connectivity index (χ2v) is 9.09. The lowest BCUT2D eigenvalue weighted by Crippen LogP contribution is -2.49. The van der Waals surface area contributed by atoms with Crippen molar-refractivity contribution in [2.75, 3.05) is 37.9 Å². The predicted molar refractivity (Wildman–Crippen MR) is 134 cm³/mol. The molecule has 1 fully saturated rings. The Kier molecular flexibility index (Phi) is 6.37. The van der Waals surface area contributed by atoms with Crippen LogP contribution in [0.25, 0.3) is 33.4 Å². The molecule has 1 saturated heterocycles. The molecule has 4 aromatic rings. The Morgan fingerprint density at radius 2 is 1.85 bits per heavy atom. The van der Waals surface area contributed by atoms with Crippen molar-refractivity contribution in [1.82, 2.24) is 15.0 Å². The van der Waals surface area contributed by atoms with Crippen molar-refractivity contribution in [2.45, 2.75) is 6.92 Å². The molecule has 0 unspecified atom stereocenters. The lowest BCUT2D eigenvalue weighted by molar-refractivity contribution is 0.0320. The third-order valence-electron chi connectivity index (χ3n) is 5.77. The largest absolute Gasteiger partial charge is 0.379 e. The second-order valence-electron chi connectivity index (χ2n) is 7.71. The van der Waals surface area contributed by atoms with Crippen LogP contribution in [0.4, 0.5) is 5.82 Å². The minimum absolute atomic E-state index is 0.638. The average molecular weight is 479 g/mol. The molecule has 2 aromatic heterocycles. The molecule has 0 aliphatic carbocycles. The van der Waals surface area contributed by atoms with Gasteiger partial charge in [-0.15, -0.1) is 11.3 Å². The predicted octanol–water partition coefficient (Wildman–Crippen LogP) is 5.56. The van der Waals surface area contributed by atoms with Gasteiger partial charge in [0.05, 0.1) is 23.6 Å². The van der Waals surface area contributed by atoms with Crippen LogP contribution in [0.5, 0.6) is 0 Å². The number of fused-ring (bicyclic) bond motifs is 1. The molecule has 33 heavy (non-hydrogen) atoms. The van der Waals surface area contributed by atoms with Crippen LogP contribution < -0.4 is 5.01 Å². The SMILES string of the molecule is CCN(c1nc(-c2ccc(-c3ccsc3C=O)cc2)nc2cc(Cl)ccc12)N1CCOCC1. The van der Waals surface area contributed by atoms with Crippen molar-refractivity contribution >= 4 is 45.9 Å². The van der Waals surface area contributed by atoms with Crippen molar-refractivity contribution in [3.05, 3.63) is 63.8 Å². The van der Waals surface area contributed by atoms with E-state index in [1.165, 1.54) is 11.3 Å². The Hall–Kier alpha value is -2.84. The fourth-order valence-corrected chi connectivity index (χ4v) is 5.03. The number of morpholine rings is 1. The van der Waals surface area contributed by atoms with E-state index in [4.69, 9.17) is 26.3 Å². The molecule has 0 spiro atoms. The quantitative estimate of drug-likeness (QED) is 0.338. The molecule has 1 aliphatic heterocycles. The first-order valence-electron chi connectivity index (χ1n) is 10.9. The molecule has 0 radical (unpaired) electrons. The lowest BCUT2D eigenvalue weighted by Gasteiger charge is -2.38. The van der Waals surface area contributed by atoms with Gasteiger partial charge < -0.3 is 4.74 Å². The number of aldehydes is 1. The van der Waals surface area contributed by atoms with E-state index in [1.807, 2.05) is 53.9 Å². The minimum atomic E-state index is 0.638. The van der Waals surface area contributed by atoms with Gasteiger partial charge >= 0.3 is 0 Å². The molecule has 0 amide bonds. The number of rotatable bonds is 6. The van der Waals surface area contributed by atoms with E-state index in [0.717, 1.165) is 64.2 Å². The van der Waals surface area contributed by atoms with E-state index in [2.05, 4.69) is 16.9 Å². The van der Waals surface area contributed by atoms with Crippen LogP contribution in [0.15, 0.2) is 53.9 Å². The van der Waals surface area contributed by atoms with Gasteiger partial charge in [-0.3, -0.25) is 9.80 Å². The maximum Gasteiger partial charge on any atom is 0.162 e. The summed E-state index contributed by atoms with van der Waals surface area (Å²) < 4.78 is 5.55. The van der Waals surface area contributed by atoms with Crippen molar-refractivity contribution < 1.29 is 9.53 Å². The zero-order valence-electron chi connectivity index (χ0n) is 18.2. The number of hydrogen-bond acceptors (Lipinski definition) is 7. The van der Waals surface area contributed by atoms with Gasteiger partial charge in [-0.25, -0.2) is 15.0 Å². The molecular weight excluding hydrogens is 456 g/mol. The third kappa shape index (κ3) is 4.37. The number of nitrogens with zero attached hydrogens (tertiary/aromatic N) is 4. The number of carbonyl (C=O) groups is 1. The van der Waals surface area contributed by atoms with Crippen LogP contribution in [0.3, 0.4) is 0 Å². The summed E-state index contributed by atoms with van der Waals surface area (Å²) in [6.07, 6.45) is 0.904. The highest BCUT2D eigenvalue weighted by atomic mass is 35.5. The van der Waals surface area contributed by atoms with Crippen LogP contribution in [-0.2, 0) is 4.74 Å². The summed E-state index contributed by atoms with van der Waals surface area (Å²) in [6.45, 7) is 5.93. The highest BCUT2D eigenvalue weighted by Crippen LogP contribution is 2.32. The van der Waals surface area contributed by atoms with Crippen molar-refractivity contribution in [1.29, 1.82) is 0 Å². The van der Waals surface area contributed by atoms with Crippen LogP contribution in [0, 0.1) is 0 Å². The first kappa shape index (κ1) is 22.0. The highest BCUT2D eigenvalue weighted by Gasteiger charge is 2.22. The van der Waals surface area contributed by atoms with Crippen LogP contribution in [0.1, 0.15) is 16.6 Å². The second kappa shape index (κ2) is 9.57. The van der Waals surface area contributed by atoms with Gasteiger partial charge in [-0.2, -0.15) is 0 Å². The summed E-state index contributed by atoms with van der Waals surface area (Å²) in [6, 6.07) is 15.7. The Balaban J connectivity index is 1.59. The standard InChI is InChI=1S/C25H23ClN4O2S/c1-2-30(29-10-12-32-13-11-29)25-21-8-7-19(26)15-22(21)27-24(28-25)18-5-3-17(4-6-18)20-9-14-33-23(20)16-31/h3-9,14-16H,2,10-13H2,1H3. The number of thiophene rings is 1. The summed E-state index contributed by atoms with van der Waals surface area (Å²) in [4.78, 5) is 21.9. The number of anilines is 1. The van der Waals surface area contributed by atoms with Gasteiger partial charge in [0, 0.05) is 41.2 Å². The smallest absolute Gasteiger partial charge is 0.162 e. The number of halogens is 1. The molecule has 2 aromatic carbocycles. The van der Waals surface area contributed by atoms with Gasteiger partial charge in [0.1, 0.15) is 0 Å². The van der Waals surface area contributed by atoms with E-state index >= 15 is 0 Å². The van der Waals surface area contributed by atoms with Gasteiger partial charge in [0.2, 0.25) is 0 Å². The number of benzene rings is 2. The monoisotopic (exact) mass is 478 g/mol. The van der Waals surface area contributed by atoms with Crippen LogP contribution in [0.2, 0.25) is 5.02 Å². The summed E-state index contributed by atoms with van der Waals surface area (Å²) >= 11 is 7.75. The molecule has 0 N–H and O–H groups in total. The number of aromatic nitrogens is 2. The minimum Gasteiger partial charge on any atom is -0.379 e. The molecular formula is C25H23ClN4O2S.